The van der Waals surface area contributed by atoms with E-state index in [4.69, 9.17) is 20.8 Å². The summed E-state index contributed by atoms with van der Waals surface area (Å²) in [4.78, 5) is 18.1. The topological polar surface area (TPSA) is 81.3 Å². The van der Waals surface area contributed by atoms with Gasteiger partial charge in [0.15, 0.2) is 6.61 Å². The minimum atomic E-state index is -4.42. The van der Waals surface area contributed by atoms with Crippen molar-refractivity contribution in [3.8, 4) is 11.5 Å². The Hall–Kier alpha value is -3.14. The summed E-state index contributed by atoms with van der Waals surface area (Å²) in [6, 6.07) is 9.23. The Balaban J connectivity index is 1.26. The Morgan fingerprint density at radius 1 is 1.12 bits per heavy atom. The third kappa shape index (κ3) is 5.18. The molecule has 1 fully saturated rings. The average molecular weight is 467 g/mol. The summed E-state index contributed by atoms with van der Waals surface area (Å²) in [7, 11) is 0. The molecule has 3 aromatic rings. The van der Waals surface area contributed by atoms with Gasteiger partial charge in [0.2, 0.25) is 5.89 Å². The van der Waals surface area contributed by atoms with Crippen molar-refractivity contribution >= 4 is 23.4 Å². The number of pyridine rings is 1. The number of halogens is 4. The minimum Gasteiger partial charge on any atom is -0.455 e. The van der Waals surface area contributed by atoms with Crippen LogP contribution >= 0.6 is 11.6 Å². The zero-order chi connectivity index (χ0) is 22.7. The summed E-state index contributed by atoms with van der Waals surface area (Å²) in [5.74, 6) is 0.223. The van der Waals surface area contributed by atoms with Gasteiger partial charge in [0.25, 0.3) is 5.89 Å². The van der Waals surface area contributed by atoms with Crippen LogP contribution in [0, 0.1) is 5.92 Å². The fourth-order valence-electron chi connectivity index (χ4n) is 3.36. The Morgan fingerprint density at radius 2 is 1.84 bits per heavy atom. The van der Waals surface area contributed by atoms with Crippen LogP contribution in [-0.2, 0) is 22.3 Å². The van der Waals surface area contributed by atoms with E-state index < -0.39 is 11.7 Å². The number of hydrogen-bond donors (Lipinski definition) is 0. The maximum atomic E-state index is 12.7. The number of alkyl halides is 3. The molecule has 2 aromatic heterocycles. The maximum absolute atomic E-state index is 12.7. The fourth-order valence-corrected chi connectivity index (χ4v) is 3.48. The van der Waals surface area contributed by atoms with Crippen LogP contribution in [0.4, 0.5) is 19.0 Å². The number of esters is 1. The highest BCUT2D eigenvalue weighted by molar-refractivity contribution is 6.30. The Kier molecular flexibility index (Phi) is 6.31. The molecule has 0 spiro atoms. The maximum Gasteiger partial charge on any atom is 0.417 e. The van der Waals surface area contributed by atoms with E-state index in [1.165, 1.54) is 6.07 Å². The zero-order valence-corrected chi connectivity index (χ0v) is 17.4. The van der Waals surface area contributed by atoms with Crippen molar-refractivity contribution in [1.82, 2.24) is 15.2 Å². The van der Waals surface area contributed by atoms with Crippen LogP contribution in [0.3, 0.4) is 0 Å². The summed E-state index contributed by atoms with van der Waals surface area (Å²) in [5, 5.41) is 8.41. The molecular formula is C21H18ClF3N4O3. The van der Waals surface area contributed by atoms with Crippen LogP contribution in [-0.4, -0.2) is 34.2 Å². The molecule has 0 amide bonds. The number of benzene rings is 1. The molecule has 0 aliphatic carbocycles. The van der Waals surface area contributed by atoms with E-state index in [9.17, 15) is 18.0 Å². The lowest BCUT2D eigenvalue weighted by Gasteiger charge is -2.31. The molecule has 32 heavy (non-hydrogen) atoms. The van der Waals surface area contributed by atoms with Gasteiger partial charge in [-0.05, 0) is 49.2 Å². The quantitative estimate of drug-likeness (QED) is 0.501. The molecule has 11 heteroatoms. The zero-order valence-electron chi connectivity index (χ0n) is 16.7. The van der Waals surface area contributed by atoms with E-state index in [1.54, 1.807) is 24.3 Å². The van der Waals surface area contributed by atoms with Gasteiger partial charge in [-0.3, -0.25) is 4.79 Å². The Bertz CT molecular complexity index is 1060. The first-order valence-corrected chi connectivity index (χ1v) is 10.2. The van der Waals surface area contributed by atoms with Crippen molar-refractivity contribution < 1.29 is 27.1 Å². The molecule has 0 unspecified atom stereocenters. The van der Waals surface area contributed by atoms with Crippen LogP contribution < -0.4 is 4.90 Å². The normalized spacial score (nSPS) is 15.1. The minimum absolute atomic E-state index is 0.139. The molecule has 1 aromatic carbocycles. The average Bonchev–Trinajstić information content (AvgIpc) is 3.27. The van der Waals surface area contributed by atoms with Gasteiger partial charge in [0.05, 0.1) is 11.5 Å². The standard InChI is InChI=1S/C21H18ClF3N4O3/c22-16-4-1-13(2-5-16)19-28-27-18(32-19)12-31-20(30)14-7-9-29(10-8-14)17-6-3-15(11-26-17)21(23,24)25/h1-6,11,14H,7-10,12H2. The van der Waals surface area contributed by atoms with Crippen molar-refractivity contribution in [3.63, 3.8) is 0 Å². The monoisotopic (exact) mass is 466 g/mol. The van der Waals surface area contributed by atoms with E-state index in [0.29, 0.717) is 48.2 Å². The lowest BCUT2D eigenvalue weighted by atomic mass is 9.97. The van der Waals surface area contributed by atoms with Crippen molar-refractivity contribution in [3.05, 3.63) is 59.1 Å². The highest BCUT2D eigenvalue weighted by atomic mass is 35.5. The van der Waals surface area contributed by atoms with Crippen LogP contribution in [0.25, 0.3) is 11.5 Å². The first-order chi connectivity index (χ1) is 15.3. The number of anilines is 1. The van der Waals surface area contributed by atoms with E-state index in [2.05, 4.69) is 15.2 Å². The molecule has 168 valence electrons. The number of nitrogens with zero attached hydrogens (tertiary/aromatic N) is 4. The van der Waals surface area contributed by atoms with Gasteiger partial charge in [-0.1, -0.05) is 11.6 Å². The summed E-state index contributed by atoms with van der Waals surface area (Å²) < 4.78 is 48.9. The highest BCUT2D eigenvalue weighted by Gasteiger charge is 2.31. The molecule has 1 aliphatic rings. The molecule has 0 radical (unpaired) electrons. The first kappa shape index (κ1) is 22.1. The van der Waals surface area contributed by atoms with E-state index in [0.717, 1.165) is 12.3 Å². The van der Waals surface area contributed by atoms with Crippen molar-refractivity contribution in [1.29, 1.82) is 0 Å². The van der Waals surface area contributed by atoms with Crippen LogP contribution in [0.15, 0.2) is 47.0 Å². The van der Waals surface area contributed by atoms with Crippen LogP contribution in [0.2, 0.25) is 5.02 Å². The second-order valence-electron chi connectivity index (χ2n) is 7.28. The lowest BCUT2D eigenvalue weighted by Crippen LogP contribution is -2.37. The van der Waals surface area contributed by atoms with Gasteiger partial charge in [0, 0.05) is 29.9 Å². The van der Waals surface area contributed by atoms with Crippen molar-refractivity contribution in [2.75, 3.05) is 18.0 Å². The van der Waals surface area contributed by atoms with Gasteiger partial charge in [-0.25, -0.2) is 4.98 Å². The predicted molar refractivity (Wildman–Crippen MR) is 109 cm³/mol. The van der Waals surface area contributed by atoms with E-state index in [1.807, 2.05) is 4.90 Å². The summed E-state index contributed by atoms with van der Waals surface area (Å²) in [6.45, 7) is 0.832. The van der Waals surface area contributed by atoms with Crippen LogP contribution in [0.5, 0.6) is 0 Å². The number of carbonyl (C=O) groups is 1. The number of hydrogen-bond acceptors (Lipinski definition) is 7. The van der Waals surface area contributed by atoms with E-state index >= 15 is 0 Å². The molecule has 0 N–H and O–H groups in total. The molecule has 1 aliphatic heterocycles. The fraction of sp³-hybridized carbons (Fsp3) is 0.333. The van der Waals surface area contributed by atoms with Gasteiger partial charge in [-0.2, -0.15) is 13.2 Å². The Labute approximate surface area is 186 Å². The van der Waals surface area contributed by atoms with Gasteiger partial charge < -0.3 is 14.1 Å². The molecular weight excluding hydrogens is 449 g/mol. The van der Waals surface area contributed by atoms with E-state index in [-0.39, 0.29) is 24.4 Å². The molecule has 0 saturated carbocycles. The number of carbonyl (C=O) groups excluding carboxylic acids is 1. The van der Waals surface area contributed by atoms with Crippen molar-refractivity contribution in [2.45, 2.75) is 25.6 Å². The number of piperidine rings is 1. The van der Waals surface area contributed by atoms with Crippen LogP contribution in [0.1, 0.15) is 24.3 Å². The van der Waals surface area contributed by atoms with Gasteiger partial charge >= 0.3 is 12.1 Å². The third-order valence-corrected chi connectivity index (χ3v) is 5.38. The summed E-state index contributed by atoms with van der Waals surface area (Å²) >= 11 is 5.86. The number of rotatable bonds is 5. The lowest BCUT2D eigenvalue weighted by molar-refractivity contribution is -0.151. The smallest absolute Gasteiger partial charge is 0.417 e. The van der Waals surface area contributed by atoms with Gasteiger partial charge in [-0.15, -0.1) is 10.2 Å². The largest absolute Gasteiger partial charge is 0.455 e. The summed E-state index contributed by atoms with van der Waals surface area (Å²) in [5.41, 5.74) is -0.0938. The first-order valence-electron chi connectivity index (χ1n) is 9.83. The molecule has 0 atom stereocenters. The molecule has 1 saturated heterocycles. The number of ether oxygens (including phenoxy) is 1. The molecule has 4 rings (SSSR count). The van der Waals surface area contributed by atoms with Gasteiger partial charge in [0.1, 0.15) is 5.82 Å². The van der Waals surface area contributed by atoms with Crippen molar-refractivity contribution in [2.24, 2.45) is 5.92 Å². The second-order valence-corrected chi connectivity index (χ2v) is 7.72. The third-order valence-electron chi connectivity index (χ3n) is 5.12. The molecule has 0 bridgehead atoms. The Morgan fingerprint density at radius 3 is 2.47 bits per heavy atom. The summed E-state index contributed by atoms with van der Waals surface area (Å²) in [6.07, 6.45) is -2.60. The number of aromatic nitrogens is 3. The SMILES string of the molecule is O=C(OCc1nnc(-c2ccc(Cl)cc2)o1)C1CCN(c2ccc(C(F)(F)F)cn2)CC1. The predicted octanol–water partition coefficient (Wildman–Crippen LogP) is 4.76. The highest BCUT2D eigenvalue weighted by Crippen LogP contribution is 2.30. The molecule has 7 nitrogen and oxygen atoms in total. The molecule has 3 heterocycles. The second kappa shape index (κ2) is 9.15.